The first-order valence-electron chi connectivity index (χ1n) is 4.90. The van der Waals surface area contributed by atoms with Crippen molar-refractivity contribution in [2.45, 2.75) is 13.1 Å². The number of aryl methyl sites for hydroxylation is 1. The lowest BCUT2D eigenvalue weighted by Crippen LogP contribution is -2.35. The van der Waals surface area contributed by atoms with E-state index in [1.807, 2.05) is 0 Å². The van der Waals surface area contributed by atoms with E-state index in [4.69, 9.17) is 9.84 Å². The Hall–Kier alpha value is -1.79. The third kappa shape index (κ3) is 3.61. The molecule has 0 heterocycles. The maximum Gasteiger partial charge on any atom is 0.405 e. The van der Waals surface area contributed by atoms with Gasteiger partial charge in [-0.1, -0.05) is 0 Å². The average molecular weight is 266 g/mol. The molecule has 3 nitrogen and oxygen atoms in total. The van der Waals surface area contributed by atoms with Crippen molar-refractivity contribution in [3.05, 3.63) is 29.6 Å². The van der Waals surface area contributed by atoms with Crippen molar-refractivity contribution in [1.29, 1.82) is 0 Å². The fourth-order valence-corrected chi connectivity index (χ4v) is 1.19. The number of hydrogen-bond donors (Lipinski definition) is 1. The highest BCUT2D eigenvalue weighted by atomic mass is 19.4. The summed E-state index contributed by atoms with van der Waals surface area (Å²) in [6.07, 6.45) is -4.89. The van der Waals surface area contributed by atoms with Crippen LogP contribution in [0.1, 0.15) is 5.56 Å². The molecule has 0 amide bonds. The van der Waals surface area contributed by atoms with Gasteiger partial charge in [0.15, 0.2) is 5.92 Å². The van der Waals surface area contributed by atoms with Gasteiger partial charge in [0.25, 0.3) is 0 Å². The van der Waals surface area contributed by atoms with Crippen LogP contribution in [0.15, 0.2) is 18.2 Å². The number of halogens is 4. The molecule has 1 unspecified atom stereocenters. The molecule has 0 aliphatic heterocycles. The van der Waals surface area contributed by atoms with E-state index in [0.29, 0.717) is 0 Å². The van der Waals surface area contributed by atoms with Crippen LogP contribution >= 0.6 is 0 Å². The Bertz CT molecular complexity index is 442. The smallest absolute Gasteiger partial charge is 0.405 e. The van der Waals surface area contributed by atoms with Crippen LogP contribution in [0.3, 0.4) is 0 Å². The second kappa shape index (κ2) is 5.24. The molecule has 0 aromatic heterocycles. The van der Waals surface area contributed by atoms with Crippen LogP contribution in [0.4, 0.5) is 17.6 Å². The maximum absolute atomic E-state index is 12.9. The quantitative estimate of drug-likeness (QED) is 0.852. The van der Waals surface area contributed by atoms with Gasteiger partial charge in [0.05, 0.1) is 0 Å². The molecule has 0 radical (unpaired) electrons. The fraction of sp³-hybridized carbons (Fsp3) is 0.364. The fourth-order valence-electron chi connectivity index (χ4n) is 1.19. The number of carboxylic acid groups (broad SMARTS) is 1. The summed E-state index contributed by atoms with van der Waals surface area (Å²) in [5.41, 5.74) is 0.200. The lowest BCUT2D eigenvalue weighted by Gasteiger charge is -2.16. The van der Waals surface area contributed by atoms with Crippen molar-refractivity contribution >= 4 is 5.97 Å². The minimum Gasteiger partial charge on any atom is -0.492 e. The normalized spacial score (nSPS) is 13.2. The molecule has 18 heavy (non-hydrogen) atoms. The zero-order valence-electron chi connectivity index (χ0n) is 9.29. The first kappa shape index (κ1) is 14.3. The molecule has 0 fully saturated rings. The highest BCUT2D eigenvalue weighted by Crippen LogP contribution is 2.27. The minimum absolute atomic E-state index is 0.00981. The largest absolute Gasteiger partial charge is 0.492 e. The summed E-state index contributed by atoms with van der Waals surface area (Å²) in [5, 5.41) is 8.43. The number of rotatable bonds is 4. The molecule has 1 N–H and O–H groups in total. The van der Waals surface area contributed by atoms with Gasteiger partial charge < -0.3 is 9.84 Å². The first-order chi connectivity index (χ1) is 8.21. The third-order valence-electron chi connectivity index (χ3n) is 2.24. The summed E-state index contributed by atoms with van der Waals surface area (Å²) >= 11 is 0. The van der Waals surface area contributed by atoms with Crippen molar-refractivity contribution in [2.75, 3.05) is 6.61 Å². The van der Waals surface area contributed by atoms with Crippen molar-refractivity contribution in [3.8, 4) is 5.75 Å². The number of benzene rings is 1. The molecule has 100 valence electrons. The van der Waals surface area contributed by atoms with E-state index < -0.39 is 30.5 Å². The van der Waals surface area contributed by atoms with Gasteiger partial charge in [-0.2, -0.15) is 13.2 Å². The number of hydrogen-bond acceptors (Lipinski definition) is 2. The number of aliphatic carboxylic acids is 1. The van der Waals surface area contributed by atoms with Crippen LogP contribution in [0.2, 0.25) is 0 Å². The number of carboxylic acids is 1. The second-order valence-corrected chi connectivity index (χ2v) is 3.65. The second-order valence-electron chi connectivity index (χ2n) is 3.65. The molecular weight excluding hydrogens is 256 g/mol. The van der Waals surface area contributed by atoms with Crippen LogP contribution in [0, 0.1) is 18.7 Å². The van der Waals surface area contributed by atoms with Crippen LogP contribution in [-0.2, 0) is 4.79 Å². The zero-order chi connectivity index (χ0) is 13.9. The van der Waals surface area contributed by atoms with Crippen LogP contribution < -0.4 is 4.74 Å². The molecular formula is C11H10F4O3. The molecule has 1 aromatic carbocycles. The van der Waals surface area contributed by atoms with Crippen molar-refractivity contribution < 1.29 is 32.2 Å². The van der Waals surface area contributed by atoms with E-state index in [1.54, 1.807) is 0 Å². The van der Waals surface area contributed by atoms with Crippen LogP contribution in [-0.4, -0.2) is 23.9 Å². The molecule has 0 aliphatic carbocycles. The van der Waals surface area contributed by atoms with Crippen LogP contribution in [0.25, 0.3) is 0 Å². The van der Waals surface area contributed by atoms with Crippen LogP contribution in [0.5, 0.6) is 5.75 Å². The van der Waals surface area contributed by atoms with E-state index in [-0.39, 0.29) is 11.3 Å². The summed E-state index contributed by atoms with van der Waals surface area (Å²) in [5.74, 6) is -5.15. The topological polar surface area (TPSA) is 46.5 Å². The molecule has 1 rings (SSSR count). The highest BCUT2D eigenvalue weighted by molar-refractivity contribution is 5.71. The lowest BCUT2D eigenvalue weighted by molar-refractivity contribution is -0.198. The predicted molar refractivity (Wildman–Crippen MR) is 53.8 cm³/mol. The van der Waals surface area contributed by atoms with Crippen molar-refractivity contribution in [3.63, 3.8) is 0 Å². The van der Waals surface area contributed by atoms with E-state index in [2.05, 4.69) is 0 Å². The van der Waals surface area contributed by atoms with Crippen molar-refractivity contribution in [2.24, 2.45) is 5.92 Å². The van der Waals surface area contributed by atoms with Crippen molar-refractivity contribution in [1.82, 2.24) is 0 Å². The zero-order valence-corrected chi connectivity index (χ0v) is 9.29. The molecule has 0 saturated carbocycles. The molecule has 1 atom stereocenters. The molecule has 1 aromatic rings. The third-order valence-corrected chi connectivity index (χ3v) is 2.24. The summed E-state index contributed by atoms with van der Waals surface area (Å²) in [6, 6.07) is 3.37. The van der Waals surface area contributed by atoms with E-state index in [9.17, 15) is 22.4 Å². The summed E-state index contributed by atoms with van der Waals surface area (Å²) in [4.78, 5) is 10.4. The number of alkyl halides is 3. The van der Waals surface area contributed by atoms with Gasteiger partial charge >= 0.3 is 12.1 Å². The van der Waals surface area contributed by atoms with Gasteiger partial charge in [-0.15, -0.1) is 0 Å². The van der Waals surface area contributed by atoms with E-state index in [1.165, 1.54) is 13.0 Å². The molecule has 0 spiro atoms. The van der Waals surface area contributed by atoms with Gasteiger partial charge in [0.2, 0.25) is 0 Å². The summed E-state index contributed by atoms with van der Waals surface area (Å²) in [6.45, 7) is 0.366. The highest BCUT2D eigenvalue weighted by Gasteiger charge is 2.45. The first-order valence-corrected chi connectivity index (χ1v) is 4.90. The molecule has 0 aliphatic rings. The maximum atomic E-state index is 12.9. The van der Waals surface area contributed by atoms with Gasteiger partial charge in [0.1, 0.15) is 18.2 Å². The molecule has 7 heteroatoms. The number of ether oxygens (including phenoxy) is 1. The van der Waals surface area contributed by atoms with Gasteiger partial charge in [-0.3, -0.25) is 4.79 Å². The minimum atomic E-state index is -4.89. The standard InChI is InChI=1S/C11H10F4O3/c1-6-4-7(2-3-9(6)12)18-5-8(10(16)17)11(13,14)15/h2-4,8H,5H2,1H3,(H,16,17). The number of carbonyl (C=O) groups is 1. The Morgan fingerprint density at radius 2 is 2.06 bits per heavy atom. The lowest BCUT2D eigenvalue weighted by atomic mass is 10.1. The van der Waals surface area contributed by atoms with Gasteiger partial charge in [-0.25, -0.2) is 4.39 Å². The Balaban J connectivity index is 2.73. The predicted octanol–water partition coefficient (Wildman–Crippen LogP) is 2.78. The van der Waals surface area contributed by atoms with Gasteiger partial charge in [0, 0.05) is 0 Å². The Morgan fingerprint density at radius 3 is 2.50 bits per heavy atom. The average Bonchev–Trinajstić information content (AvgIpc) is 2.21. The summed E-state index contributed by atoms with van der Waals surface area (Å²) < 4.78 is 54.5. The monoisotopic (exact) mass is 266 g/mol. The molecule has 0 saturated heterocycles. The molecule has 0 bridgehead atoms. The van der Waals surface area contributed by atoms with Gasteiger partial charge in [-0.05, 0) is 30.7 Å². The SMILES string of the molecule is Cc1cc(OCC(C(=O)O)C(F)(F)F)ccc1F. The van der Waals surface area contributed by atoms with E-state index >= 15 is 0 Å². The Morgan fingerprint density at radius 1 is 1.44 bits per heavy atom. The van der Waals surface area contributed by atoms with E-state index in [0.717, 1.165) is 12.1 Å². The Kier molecular flexibility index (Phi) is 4.15. The Labute approximate surface area is 100.0 Å². The summed E-state index contributed by atoms with van der Waals surface area (Å²) in [7, 11) is 0.